The topological polar surface area (TPSA) is 64.6 Å². The van der Waals surface area contributed by atoms with Crippen LogP contribution in [0.1, 0.15) is 5.56 Å². The van der Waals surface area contributed by atoms with Crippen LogP contribution in [0.4, 0.5) is 5.69 Å². The Hall–Kier alpha value is -1.95. The van der Waals surface area contributed by atoms with Gasteiger partial charge < -0.3 is 14.8 Å². The molecule has 0 aliphatic rings. The molecule has 0 unspecified atom stereocenters. The van der Waals surface area contributed by atoms with Crippen LogP contribution < -0.4 is 10.1 Å². The first-order valence-corrected chi connectivity index (χ1v) is 8.26. The molecule has 132 valence electrons. The van der Waals surface area contributed by atoms with Crippen LogP contribution in [0.15, 0.2) is 36.4 Å². The zero-order chi connectivity index (χ0) is 18.4. The largest absolute Gasteiger partial charge is 0.496 e. The van der Waals surface area contributed by atoms with Crippen LogP contribution in [0.25, 0.3) is 0 Å². The lowest BCUT2D eigenvalue weighted by Gasteiger charge is -2.11. The third-order valence-electron chi connectivity index (χ3n) is 3.17. The highest BCUT2D eigenvalue weighted by Gasteiger charge is 2.14. The summed E-state index contributed by atoms with van der Waals surface area (Å²) in [6.45, 7) is -0.469. The lowest BCUT2D eigenvalue weighted by Crippen LogP contribution is -2.22. The Bertz CT molecular complexity index is 775. The van der Waals surface area contributed by atoms with Crippen molar-refractivity contribution in [3.05, 3.63) is 57.0 Å². The fourth-order valence-electron chi connectivity index (χ4n) is 2.03. The fraction of sp³-hybridized carbons (Fsp3) is 0.176. The van der Waals surface area contributed by atoms with E-state index >= 15 is 0 Å². The number of rotatable bonds is 6. The van der Waals surface area contributed by atoms with E-state index in [1.165, 1.54) is 7.11 Å². The lowest BCUT2D eigenvalue weighted by atomic mass is 10.1. The first kappa shape index (κ1) is 19.4. The number of anilines is 1. The number of nitrogens with one attached hydrogen (secondary N) is 1. The molecule has 25 heavy (non-hydrogen) atoms. The molecule has 5 nitrogen and oxygen atoms in total. The molecular formula is C17H14Cl3NO4. The van der Waals surface area contributed by atoms with Gasteiger partial charge in [0.25, 0.3) is 5.91 Å². The van der Waals surface area contributed by atoms with E-state index in [1.807, 2.05) is 0 Å². The summed E-state index contributed by atoms with van der Waals surface area (Å²) in [5.74, 6) is -0.643. The highest BCUT2D eigenvalue weighted by atomic mass is 35.5. The van der Waals surface area contributed by atoms with Crippen LogP contribution in [-0.4, -0.2) is 25.6 Å². The van der Waals surface area contributed by atoms with E-state index in [1.54, 1.807) is 36.4 Å². The first-order chi connectivity index (χ1) is 11.9. The number of hydrogen-bond acceptors (Lipinski definition) is 4. The summed E-state index contributed by atoms with van der Waals surface area (Å²) in [5.41, 5.74) is 0.831. The SMILES string of the molecule is COc1ccc(Cl)cc1CC(=O)OCC(=O)Nc1c(Cl)cccc1Cl. The maximum absolute atomic E-state index is 11.9. The van der Waals surface area contributed by atoms with Gasteiger partial charge in [-0.3, -0.25) is 9.59 Å². The van der Waals surface area contributed by atoms with Crippen molar-refractivity contribution in [2.45, 2.75) is 6.42 Å². The standard InChI is InChI=1S/C17H14Cl3NO4/c1-24-14-6-5-11(18)7-10(14)8-16(23)25-9-15(22)21-17-12(19)3-2-4-13(17)20/h2-7H,8-9H2,1H3,(H,21,22). The third kappa shape index (κ3) is 5.53. The summed E-state index contributed by atoms with van der Waals surface area (Å²) in [4.78, 5) is 23.8. The van der Waals surface area contributed by atoms with E-state index < -0.39 is 18.5 Å². The molecule has 0 bridgehead atoms. The Balaban J connectivity index is 1.92. The minimum Gasteiger partial charge on any atom is -0.496 e. The molecule has 2 aromatic carbocycles. The molecule has 0 aliphatic heterocycles. The Morgan fingerprint density at radius 3 is 2.40 bits per heavy atom. The molecule has 8 heteroatoms. The number of para-hydroxylation sites is 1. The molecule has 0 fully saturated rings. The van der Waals surface area contributed by atoms with Crippen molar-refractivity contribution < 1.29 is 19.1 Å². The zero-order valence-electron chi connectivity index (χ0n) is 13.1. The predicted molar refractivity (Wildman–Crippen MR) is 97.8 cm³/mol. The number of carbonyl (C=O) groups is 2. The van der Waals surface area contributed by atoms with Crippen molar-refractivity contribution in [3.63, 3.8) is 0 Å². The van der Waals surface area contributed by atoms with Crippen LogP contribution in [0, 0.1) is 0 Å². The molecule has 0 saturated heterocycles. The molecule has 2 aromatic rings. The molecule has 1 amide bonds. The van der Waals surface area contributed by atoms with Gasteiger partial charge in [0.1, 0.15) is 5.75 Å². The summed E-state index contributed by atoms with van der Waals surface area (Å²) < 4.78 is 10.1. The van der Waals surface area contributed by atoms with Crippen molar-refractivity contribution in [2.24, 2.45) is 0 Å². The number of carbonyl (C=O) groups excluding carboxylic acids is 2. The number of benzene rings is 2. The predicted octanol–water partition coefficient (Wildman–Crippen LogP) is 4.38. The molecule has 0 heterocycles. The minimum atomic E-state index is -0.596. The smallest absolute Gasteiger partial charge is 0.310 e. The second-order valence-electron chi connectivity index (χ2n) is 4.94. The maximum Gasteiger partial charge on any atom is 0.310 e. The number of ether oxygens (including phenoxy) is 2. The summed E-state index contributed by atoms with van der Waals surface area (Å²) in [6.07, 6.45) is -0.0795. The Kier molecular flexibility index (Phi) is 6.93. The van der Waals surface area contributed by atoms with Crippen LogP contribution in [0.5, 0.6) is 5.75 Å². The second-order valence-corrected chi connectivity index (χ2v) is 6.19. The molecule has 0 aromatic heterocycles. The van der Waals surface area contributed by atoms with Gasteiger partial charge in [0.05, 0.1) is 29.3 Å². The Labute approximate surface area is 159 Å². The van der Waals surface area contributed by atoms with Crippen LogP contribution >= 0.6 is 34.8 Å². The van der Waals surface area contributed by atoms with Crippen molar-refractivity contribution in [3.8, 4) is 5.75 Å². The number of esters is 1. The average molecular weight is 403 g/mol. The van der Waals surface area contributed by atoms with Gasteiger partial charge in [-0.15, -0.1) is 0 Å². The molecule has 0 spiro atoms. The summed E-state index contributed by atoms with van der Waals surface area (Å²) in [5, 5.41) is 3.55. The minimum absolute atomic E-state index is 0.0795. The van der Waals surface area contributed by atoms with Crippen molar-refractivity contribution in [2.75, 3.05) is 19.0 Å². The van der Waals surface area contributed by atoms with E-state index in [2.05, 4.69) is 5.32 Å². The highest BCUT2D eigenvalue weighted by molar-refractivity contribution is 6.39. The fourth-order valence-corrected chi connectivity index (χ4v) is 2.72. The van der Waals surface area contributed by atoms with Gasteiger partial charge in [-0.2, -0.15) is 0 Å². The highest BCUT2D eigenvalue weighted by Crippen LogP contribution is 2.29. The van der Waals surface area contributed by atoms with E-state index in [0.29, 0.717) is 16.3 Å². The Morgan fingerprint density at radius 1 is 1.08 bits per heavy atom. The number of methoxy groups -OCH3 is 1. The van der Waals surface area contributed by atoms with E-state index in [0.717, 1.165) is 0 Å². The van der Waals surface area contributed by atoms with Crippen LogP contribution in [0.2, 0.25) is 15.1 Å². The number of hydrogen-bond donors (Lipinski definition) is 1. The summed E-state index contributed by atoms with van der Waals surface area (Å²) in [6, 6.07) is 9.72. The molecule has 2 rings (SSSR count). The van der Waals surface area contributed by atoms with Gasteiger partial charge >= 0.3 is 5.97 Å². The van der Waals surface area contributed by atoms with Crippen LogP contribution in [0.3, 0.4) is 0 Å². The van der Waals surface area contributed by atoms with E-state index in [9.17, 15) is 9.59 Å². The third-order valence-corrected chi connectivity index (χ3v) is 4.03. The molecule has 0 aliphatic carbocycles. The van der Waals surface area contributed by atoms with E-state index in [-0.39, 0.29) is 22.2 Å². The first-order valence-electron chi connectivity index (χ1n) is 7.12. The zero-order valence-corrected chi connectivity index (χ0v) is 15.4. The molecular weight excluding hydrogens is 389 g/mol. The number of amides is 1. The van der Waals surface area contributed by atoms with Crippen molar-refractivity contribution in [1.29, 1.82) is 0 Å². The normalized spacial score (nSPS) is 10.2. The van der Waals surface area contributed by atoms with Gasteiger partial charge in [0.15, 0.2) is 6.61 Å². The van der Waals surface area contributed by atoms with Gasteiger partial charge in [-0.25, -0.2) is 0 Å². The molecule has 1 N–H and O–H groups in total. The molecule has 0 saturated carbocycles. The average Bonchev–Trinajstić information content (AvgIpc) is 2.57. The van der Waals surface area contributed by atoms with Crippen molar-refractivity contribution >= 4 is 52.4 Å². The monoisotopic (exact) mass is 401 g/mol. The molecule has 0 atom stereocenters. The maximum atomic E-state index is 11.9. The van der Waals surface area contributed by atoms with Gasteiger partial charge in [-0.05, 0) is 30.3 Å². The molecule has 0 radical (unpaired) electrons. The van der Waals surface area contributed by atoms with E-state index in [4.69, 9.17) is 44.3 Å². The lowest BCUT2D eigenvalue weighted by molar-refractivity contribution is -0.146. The van der Waals surface area contributed by atoms with Crippen molar-refractivity contribution in [1.82, 2.24) is 0 Å². The quantitative estimate of drug-likeness (QED) is 0.728. The summed E-state index contributed by atoms with van der Waals surface area (Å²) in [7, 11) is 1.48. The number of halogens is 3. The van der Waals surface area contributed by atoms with Crippen LogP contribution in [-0.2, 0) is 20.7 Å². The van der Waals surface area contributed by atoms with Gasteiger partial charge in [0.2, 0.25) is 0 Å². The van der Waals surface area contributed by atoms with Gasteiger partial charge in [-0.1, -0.05) is 40.9 Å². The Morgan fingerprint density at radius 2 is 1.76 bits per heavy atom. The second kappa shape index (κ2) is 8.94. The summed E-state index contributed by atoms with van der Waals surface area (Å²) >= 11 is 17.8. The van der Waals surface area contributed by atoms with Gasteiger partial charge in [0, 0.05) is 10.6 Å².